The summed E-state index contributed by atoms with van der Waals surface area (Å²) in [6.45, 7) is 6.59. The summed E-state index contributed by atoms with van der Waals surface area (Å²) in [5.41, 5.74) is 6.30. The molecule has 150 valence electrons. The Morgan fingerprint density at radius 3 is 2.59 bits per heavy atom. The van der Waals surface area contributed by atoms with Gasteiger partial charge in [0.15, 0.2) is 0 Å². The second-order valence-electron chi connectivity index (χ2n) is 7.57. The lowest BCUT2D eigenvalue weighted by Gasteiger charge is -2.40. The molecule has 2 aliphatic heterocycles. The van der Waals surface area contributed by atoms with Gasteiger partial charge in [0.2, 0.25) is 5.95 Å². The molecule has 1 amide bonds. The number of nitrogens with two attached hydrogens (primary N) is 1. The number of ether oxygens (including phenoxy) is 2. The van der Waals surface area contributed by atoms with Crippen LogP contribution in [0.5, 0.6) is 0 Å². The maximum atomic E-state index is 12.4. The molecule has 3 heterocycles. The smallest absolute Gasteiger partial charge is 0.410 e. The quantitative estimate of drug-likeness (QED) is 0.836. The summed E-state index contributed by atoms with van der Waals surface area (Å²) in [7, 11) is 0. The second-order valence-corrected chi connectivity index (χ2v) is 7.57. The number of piperidine rings is 2. The highest BCUT2D eigenvalue weighted by molar-refractivity contribution is 5.68. The van der Waals surface area contributed by atoms with Crippen molar-refractivity contribution in [3.05, 3.63) is 18.5 Å². The number of anilines is 1. The molecule has 0 spiro atoms. The lowest BCUT2D eigenvalue weighted by Crippen LogP contribution is -2.57. The molecule has 3 rings (SSSR count). The van der Waals surface area contributed by atoms with Crippen LogP contribution in [0.25, 0.3) is 0 Å². The lowest BCUT2D eigenvalue weighted by molar-refractivity contribution is -0.0224. The van der Waals surface area contributed by atoms with E-state index in [-0.39, 0.29) is 30.4 Å². The van der Waals surface area contributed by atoms with E-state index < -0.39 is 0 Å². The summed E-state index contributed by atoms with van der Waals surface area (Å²) in [5, 5.41) is 0. The molecule has 27 heavy (non-hydrogen) atoms. The third kappa shape index (κ3) is 5.29. The van der Waals surface area contributed by atoms with Crippen LogP contribution in [0.15, 0.2) is 18.5 Å². The van der Waals surface area contributed by atoms with Crippen LogP contribution in [-0.2, 0) is 9.47 Å². The summed E-state index contributed by atoms with van der Waals surface area (Å²) in [6.07, 6.45) is 6.91. The molecule has 2 atom stereocenters. The van der Waals surface area contributed by atoms with Crippen molar-refractivity contribution in [2.75, 3.05) is 31.1 Å². The Hall–Kier alpha value is -1.93. The molecule has 1 aromatic rings. The first kappa shape index (κ1) is 19.8. The predicted molar refractivity (Wildman–Crippen MR) is 103 cm³/mol. The number of amides is 1. The van der Waals surface area contributed by atoms with Crippen LogP contribution >= 0.6 is 0 Å². The zero-order valence-electron chi connectivity index (χ0n) is 16.3. The molecule has 0 bridgehead atoms. The van der Waals surface area contributed by atoms with E-state index in [0.29, 0.717) is 13.2 Å². The van der Waals surface area contributed by atoms with Crippen LogP contribution in [-0.4, -0.2) is 71.5 Å². The summed E-state index contributed by atoms with van der Waals surface area (Å²) >= 11 is 0. The molecule has 0 radical (unpaired) electrons. The van der Waals surface area contributed by atoms with Crippen molar-refractivity contribution in [3.63, 3.8) is 0 Å². The fraction of sp³-hybridized carbons (Fsp3) is 0.737. The standard InChI is InChI=1S/C19H31N5O3/c1-14(2)27-19(25)24-10-3-5-16(20)17(24)13-26-15-6-11-23(12-7-15)18-21-8-4-9-22-18/h4,8-9,14-17H,3,5-7,10-13,20H2,1-2H3/t16-,17-/m0/s1. The zero-order valence-corrected chi connectivity index (χ0v) is 16.3. The lowest BCUT2D eigenvalue weighted by atomic mass is 9.98. The number of likely N-dealkylation sites (tertiary alicyclic amines) is 1. The average Bonchev–Trinajstić information content (AvgIpc) is 2.67. The van der Waals surface area contributed by atoms with Crippen LogP contribution in [0.2, 0.25) is 0 Å². The van der Waals surface area contributed by atoms with E-state index in [4.69, 9.17) is 15.2 Å². The van der Waals surface area contributed by atoms with Crippen LogP contribution < -0.4 is 10.6 Å². The molecule has 2 N–H and O–H groups in total. The van der Waals surface area contributed by atoms with Gasteiger partial charge >= 0.3 is 6.09 Å². The minimum Gasteiger partial charge on any atom is -0.447 e. The summed E-state index contributed by atoms with van der Waals surface area (Å²) in [4.78, 5) is 24.9. The first-order valence-electron chi connectivity index (χ1n) is 9.91. The number of nitrogens with zero attached hydrogens (tertiary/aromatic N) is 4. The van der Waals surface area contributed by atoms with Crippen LogP contribution in [0.4, 0.5) is 10.7 Å². The van der Waals surface area contributed by atoms with Gasteiger partial charge in [0.25, 0.3) is 0 Å². The molecule has 1 aromatic heterocycles. The van der Waals surface area contributed by atoms with Crippen molar-refractivity contribution in [2.45, 2.75) is 63.8 Å². The van der Waals surface area contributed by atoms with Crippen LogP contribution in [0.1, 0.15) is 39.5 Å². The normalized spacial score (nSPS) is 24.3. The van der Waals surface area contributed by atoms with Gasteiger partial charge in [-0.1, -0.05) is 0 Å². The number of rotatable bonds is 5. The Kier molecular flexibility index (Phi) is 6.84. The molecule has 0 unspecified atom stereocenters. The number of hydrogen-bond donors (Lipinski definition) is 1. The Morgan fingerprint density at radius 2 is 1.93 bits per heavy atom. The third-order valence-electron chi connectivity index (χ3n) is 5.18. The first-order chi connectivity index (χ1) is 13.0. The van der Waals surface area contributed by atoms with Crippen LogP contribution in [0, 0.1) is 0 Å². The molecule has 8 nitrogen and oxygen atoms in total. The Balaban J connectivity index is 1.50. The maximum Gasteiger partial charge on any atom is 0.410 e. The molecule has 8 heteroatoms. The molecule has 0 aliphatic carbocycles. The third-order valence-corrected chi connectivity index (χ3v) is 5.18. The Morgan fingerprint density at radius 1 is 1.22 bits per heavy atom. The SMILES string of the molecule is CC(C)OC(=O)N1CCC[C@H](N)[C@@H]1COC1CCN(c2ncccn2)CC1. The zero-order chi connectivity index (χ0) is 19.2. The highest BCUT2D eigenvalue weighted by Crippen LogP contribution is 2.22. The molecular formula is C19H31N5O3. The minimum absolute atomic E-state index is 0.0729. The minimum atomic E-state index is -0.287. The number of hydrogen-bond acceptors (Lipinski definition) is 7. The molecule has 2 aliphatic rings. The molecule has 2 fully saturated rings. The van der Waals surface area contributed by atoms with E-state index in [1.165, 1.54) is 0 Å². The first-order valence-corrected chi connectivity index (χ1v) is 9.91. The van der Waals surface area contributed by atoms with Gasteiger partial charge in [0.1, 0.15) is 0 Å². The van der Waals surface area contributed by atoms with Gasteiger partial charge in [0.05, 0.1) is 24.9 Å². The fourth-order valence-electron chi connectivity index (χ4n) is 3.71. The molecular weight excluding hydrogens is 346 g/mol. The van der Waals surface area contributed by atoms with Crippen LogP contribution in [0.3, 0.4) is 0 Å². The number of carbonyl (C=O) groups excluding carboxylic acids is 1. The Labute approximate surface area is 161 Å². The van der Waals surface area contributed by atoms with E-state index in [0.717, 1.165) is 44.7 Å². The summed E-state index contributed by atoms with van der Waals surface area (Å²) < 4.78 is 11.5. The maximum absolute atomic E-state index is 12.4. The van der Waals surface area contributed by atoms with Crippen molar-refractivity contribution >= 4 is 12.0 Å². The van der Waals surface area contributed by atoms with Crippen molar-refractivity contribution in [1.82, 2.24) is 14.9 Å². The largest absolute Gasteiger partial charge is 0.447 e. The Bertz CT molecular complexity index is 592. The summed E-state index contributed by atoms with van der Waals surface area (Å²) in [5.74, 6) is 0.771. The van der Waals surface area contributed by atoms with E-state index in [2.05, 4.69) is 14.9 Å². The number of aromatic nitrogens is 2. The van der Waals surface area contributed by atoms with Crippen molar-refractivity contribution in [3.8, 4) is 0 Å². The van der Waals surface area contributed by atoms with E-state index in [1.54, 1.807) is 17.3 Å². The monoisotopic (exact) mass is 377 g/mol. The summed E-state index contributed by atoms with van der Waals surface area (Å²) in [6, 6.07) is 1.62. The highest BCUT2D eigenvalue weighted by atomic mass is 16.6. The number of carbonyl (C=O) groups is 1. The molecule has 0 aromatic carbocycles. The average molecular weight is 377 g/mol. The molecule has 2 saturated heterocycles. The topological polar surface area (TPSA) is 93.8 Å². The van der Waals surface area contributed by atoms with Gasteiger partial charge < -0.3 is 25.0 Å². The molecule has 0 saturated carbocycles. The van der Waals surface area contributed by atoms with Crippen molar-refractivity contribution in [1.29, 1.82) is 0 Å². The van der Waals surface area contributed by atoms with Gasteiger partial charge in [-0.05, 0) is 45.6 Å². The van der Waals surface area contributed by atoms with E-state index in [9.17, 15) is 4.79 Å². The highest BCUT2D eigenvalue weighted by Gasteiger charge is 2.34. The van der Waals surface area contributed by atoms with Gasteiger partial charge in [0, 0.05) is 38.1 Å². The van der Waals surface area contributed by atoms with Gasteiger partial charge in [-0.2, -0.15) is 0 Å². The van der Waals surface area contributed by atoms with Gasteiger partial charge in [-0.15, -0.1) is 0 Å². The van der Waals surface area contributed by atoms with Gasteiger partial charge in [-0.3, -0.25) is 0 Å². The van der Waals surface area contributed by atoms with Crippen molar-refractivity contribution < 1.29 is 14.3 Å². The fourth-order valence-corrected chi connectivity index (χ4v) is 3.71. The second kappa shape index (κ2) is 9.32. The van der Waals surface area contributed by atoms with Crippen molar-refractivity contribution in [2.24, 2.45) is 5.73 Å². The van der Waals surface area contributed by atoms with Gasteiger partial charge in [-0.25, -0.2) is 14.8 Å². The predicted octanol–water partition coefficient (Wildman–Crippen LogP) is 1.80. The van der Waals surface area contributed by atoms with E-state index in [1.807, 2.05) is 19.9 Å². The van der Waals surface area contributed by atoms with E-state index >= 15 is 0 Å².